The quantitative estimate of drug-likeness (QED) is 0.501. The number of hydrogen-bond donors (Lipinski definition) is 1. The molecule has 120 valence electrons. The molecule has 2 aromatic carbocycles. The number of benzene rings is 2. The van der Waals surface area contributed by atoms with E-state index in [0.29, 0.717) is 5.92 Å². The predicted octanol–water partition coefficient (Wildman–Crippen LogP) is 5.68. The lowest BCUT2D eigenvalue weighted by atomic mass is 10.0. The predicted molar refractivity (Wildman–Crippen MR) is 107 cm³/mol. The Labute approximate surface area is 152 Å². The second-order valence-corrected chi connectivity index (χ2v) is 7.22. The Morgan fingerprint density at radius 2 is 1.74 bits per heavy atom. The van der Waals surface area contributed by atoms with Crippen LogP contribution in [0, 0.1) is 17.4 Å². The summed E-state index contributed by atoms with van der Waals surface area (Å²) in [5, 5.41) is 2.95. The van der Waals surface area contributed by atoms with Crippen LogP contribution in [0.25, 0.3) is 6.08 Å². The number of carbonyl (C=O) groups excluding carboxylic acids is 1. The standard InChI is InChI=1S/C20H22INO/c1-13(2)17-8-5-16(6-9-17)7-10-20(23)22-19-12-14(3)18(21)11-15(19)4/h5-13H,1-4H3,(H,22,23)/b10-7+. The van der Waals surface area contributed by atoms with Gasteiger partial charge >= 0.3 is 0 Å². The van der Waals surface area contributed by atoms with Crippen LogP contribution in [-0.4, -0.2) is 5.91 Å². The molecule has 0 unspecified atom stereocenters. The molecule has 1 N–H and O–H groups in total. The molecule has 0 bridgehead atoms. The molecular weight excluding hydrogens is 397 g/mol. The fourth-order valence-electron chi connectivity index (χ4n) is 2.25. The van der Waals surface area contributed by atoms with E-state index in [9.17, 15) is 4.79 Å². The summed E-state index contributed by atoms with van der Waals surface area (Å²) in [7, 11) is 0. The highest BCUT2D eigenvalue weighted by Crippen LogP contribution is 2.22. The number of halogens is 1. The molecule has 0 radical (unpaired) electrons. The second kappa shape index (κ2) is 7.77. The summed E-state index contributed by atoms with van der Waals surface area (Å²) in [6.45, 7) is 8.39. The molecule has 0 aliphatic carbocycles. The molecule has 1 amide bonds. The van der Waals surface area contributed by atoms with E-state index in [0.717, 1.165) is 16.8 Å². The first-order valence-corrected chi connectivity index (χ1v) is 8.80. The Balaban J connectivity index is 2.06. The van der Waals surface area contributed by atoms with E-state index in [4.69, 9.17) is 0 Å². The molecule has 0 aromatic heterocycles. The Morgan fingerprint density at radius 1 is 1.09 bits per heavy atom. The Hall–Kier alpha value is -1.62. The Morgan fingerprint density at radius 3 is 2.35 bits per heavy atom. The van der Waals surface area contributed by atoms with Crippen molar-refractivity contribution in [2.24, 2.45) is 0 Å². The molecule has 0 aliphatic rings. The molecule has 0 fully saturated rings. The molecule has 23 heavy (non-hydrogen) atoms. The molecule has 0 saturated heterocycles. The van der Waals surface area contributed by atoms with E-state index < -0.39 is 0 Å². The first-order chi connectivity index (χ1) is 10.9. The number of amides is 1. The van der Waals surface area contributed by atoms with Crippen LogP contribution in [0.4, 0.5) is 5.69 Å². The Kier molecular flexibility index (Phi) is 5.99. The number of aryl methyl sites for hydroxylation is 2. The number of rotatable bonds is 4. The zero-order valence-electron chi connectivity index (χ0n) is 14.0. The zero-order chi connectivity index (χ0) is 17.0. The van der Waals surface area contributed by atoms with Crippen LogP contribution in [0.2, 0.25) is 0 Å². The van der Waals surface area contributed by atoms with Crippen molar-refractivity contribution >= 4 is 40.3 Å². The Bertz CT molecular complexity index is 730. The van der Waals surface area contributed by atoms with Crippen LogP contribution in [0.5, 0.6) is 0 Å². The molecule has 0 saturated carbocycles. The molecule has 3 heteroatoms. The van der Waals surface area contributed by atoms with Crippen molar-refractivity contribution in [2.75, 3.05) is 5.32 Å². The van der Waals surface area contributed by atoms with Crippen LogP contribution in [0.15, 0.2) is 42.5 Å². The third kappa shape index (κ3) is 4.93. The fourth-order valence-corrected chi connectivity index (χ4v) is 2.88. The van der Waals surface area contributed by atoms with Gasteiger partial charge in [0, 0.05) is 15.3 Å². The van der Waals surface area contributed by atoms with Gasteiger partial charge < -0.3 is 5.32 Å². The summed E-state index contributed by atoms with van der Waals surface area (Å²) in [6.07, 6.45) is 3.42. The summed E-state index contributed by atoms with van der Waals surface area (Å²) < 4.78 is 1.21. The highest BCUT2D eigenvalue weighted by molar-refractivity contribution is 14.1. The van der Waals surface area contributed by atoms with Crippen molar-refractivity contribution in [3.63, 3.8) is 0 Å². The maximum absolute atomic E-state index is 12.1. The molecular formula is C20H22INO. The van der Waals surface area contributed by atoms with E-state index >= 15 is 0 Å². The van der Waals surface area contributed by atoms with Crippen molar-refractivity contribution in [2.45, 2.75) is 33.6 Å². The number of carbonyl (C=O) groups is 1. The minimum Gasteiger partial charge on any atom is -0.322 e. The molecule has 2 nitrogen and oxygen atoms in total. The summed E-state index contributed by atoms with van der Waals surface area (Å²) in [5.74, 6) is 0.407. The average molecular weight is 419 g/mol. The van der Waals surface area contributed by atoms with Gasteiger partial charge in [-0.1, -0.05) is 38.1 Å². The second-order valence-electron chi connectivity index (χ2n) is 6.06. The first-order valence-electron chi connectivity index (χ1n) is 7.72. The lowest BCUT2D eigenvalue weighted by Gasteiger charge is -2.09. The summed E-state index contributed by atoms with van der Waals surface area (Å²) >= 11 is 2.31. The fraction of sp³-hybridized carbons (Fsp3) is 0.250. The van der Waals surface area contributed by atoms with Crippen molar-refractivity contribution in [3.8, 4) is 0 Å². The first kappa shape index (κ1) is 17.7. The van der Waals surface area contributed by atoms with Gasteiger partial charge in [0.25, 0.3) is 0 Å². The third-order valence-corrected chi connectivity index (χ3v) is 4.96. The van der Waals surface area contributed by atoms with Gasteiger partial charge in [-0.25, -0.2) is 0 Å². The van der Waals surface area contributed by atoms with Crippen LogP contribution in [0.1, 0.15) is 42.0 Å². The van der Waals surface area contributed by atoms with Gasteiger partial charge in [-0.05, 0) is 82.8 Å². The van der Waals surface area contributed by atoms with E-state index in [1.807, 2.05) is 38.1 Å². The third-order valence-electron chi connectivity index (χ3n) is 3.79. The summed E-state index contributed by atoms with van der Waals surface area (Å²) in [4.78, 5) is 12.1. The van der Waals surface area contributed by atoms with Crippen LogP contribution in [0.3, 0.4) is 0 Å². The van der Waals surface area contributed by atoms with Gasteiger partial charge in [0.05, 0.1) is 0 Å². The van der Waals surface area contributed by atoms with Gasteiger partial charge in [0.1, 0.15) is 0 Å². The van der Waals surface area contributed by atoms with Crippen molar-refractivity contribution in [1.82, 2.24) is 0 Å². The maximum Gasteiger partial charge on any atom is 0.248 e. The number of anilines is 1. The molecule has 0 heterocycles. The van der Waals surface area contributed by atoms with Gasteiger partial charge in [0.2, 0.25) is 5.91 Å². The molecule has 0 spiro atoms. The van der Waals surface area contributed by atoms with Crippen molar-refractivity contribution in [1.29, 1.82) is 0 Å². The SMILES string of the molecule is Cc1cc(NC(=O)/C=C/c2ccc(C(C)C)cc2)c(C)cc1I. The summed E-state index contributed by atoms with van der Waals surface area (Å²) in [6, 6.07) is 12.4. The van der Waals surface area contributed by atoms with Crippen molar-refractivity contribution in [3.05, 3.63) is 68.3 Å². The molecule has 0 atom stereocenters. The van der Waals surface area contributed by atoms with Gasteiger partial charge in [-0.3, -0.25) is 4.79 Å². The topological polar surface area (TPSA) is 29.1 Å². The highest BCUT2D eigenvalue weighted by Gasteiger charge is 2.05. The molecule has 2 aromatic rings. The lowest BCUT2D eigenvalue weighted by Crippen LogP contribution is -2.09. The number of nitrogens with one attached hydrogen (secondary N) is 1. The molecule has 2 rings (SSSR count). The largest absolute Gasteiger partial charge is 0.322 e. The average Bonchev–Trinajstić information content (AvgIpc) is 2.51. The van der Waals surface area contributed by atoms with Crippen LogP contribution in [-0.2, 0) is 4.79 Å². The van der Waals surface area contributed by atoms with E-state index in [1.165, 1.54) is 14.7 Å². The zero-order valence-corrected chi connectivity index (χ0v) is 16.1. The van der Waals surface area contributed by atoms with Gasteiger partial charge in [0.15, 0.2) is 0 Å². The van der Waals surface area contributed by atoms with E-state index in [2.05, 4.69) is 60.0 Å². The van der Waals surface area contributed by atoms with Crippen LogP contribution < -0.4 is 5.32 Å². The van der Waals surface area contributed by atoms with Gasteiger partial charge in [-0.15, -0.1) is 0 Å². The number of hydrogen-bond acceptors (Lipinski definition) is 1. The summed E-state index contributed by atoms with van der Waals surface area (Å²) in [5.41, 5.74) is 5.44. The van der Waals surface area contributed by atoms with Crippen LogP contribution >= 0.6 is 22.6 Å². The van der Waals surface area contributed by atoms with E-state index in [1.54, 1.807) is 6.08 Å². The maximum atomic E-state index is 12.1. The monoisotopic (exact) mass is 419 g/mol. The minimum absolute atomic E-state index is 0.110. The normalized spacial score (nSPS) is 11.2. The minimum atomic E-state index is -0.110. The van der Waals surface area contributed by atoms with E-state index in [-0.39, 0.29) is 5.91 Å². The van der Waals surface area contributed by atoms with Crippen molar-refractivity contribution < 1.29 is 4.79 Å². The highest BCUT2D eigenvalue weighted by atomic mass is 127. The van der Waals surface area contributed by atoms with Gasteiger partial charge in [-0.2, -0.15) is 0 Å². The molecule has 0 aliphatic heterocycles. The smallest absolute Gasteiger partial charge is 0.248 e. The lowest BCUT2D eigenvalue weighted by molar-refractivity contribution is -0.111.